The molecule has 1 aliphatic heterocycles. The number of rotatable bonds is 6. The second-order valence-electron chi connectivity index (χ2n) is 6.78. The average Bonchev–Trinajstić information content (AvgIpc) is 2.68. The van der Waals surface area contributed by atoms with Crippen LogP contribution in [0.15, 0.2) is 48.0 Å². The highest BCUT2D eigenvalue weighted by atomic mass is 16.7. The summed E-state index contributed by atoms with van der Waals surface area (Å²) in [6, 6.07) is 12.5. The lowest BCUT2D eigenvalue weighted by atomic mass is 10.1. The van der Waals surface area contributed by atoms with Crippen LogP contribution in [0.4, 0.5) is 0 Å². The molecule has 2 aromatic rings. The number of methoxy groups -OCH3 is 2. The van der Waals surface area contributed by atoms with Crippen LogP contribution in [0.5, 0.6) is 17.2 Å². The third-order valence-electron chi connectivity index (χ3n) is 4.17. The second kappa shape index (κ2) is 8.26. The number of carbonyl (C=O) groups excluding carboxylic acids is 2. The van der Waals surface area contributed by atoms with Crippen LogP contribution in [0.3, 0.4) is 0 Å². The van der Waals surface area contributed by atoms with Crippen LogP contribution in [0.1, 0.15) is 25.0 Å². The maximum atomic E-state index is 12.2. The normalized spacial score (nSPS) is 15.2. The molecular formula is C22H22O7. The standard InChI is InChI=1S/C22H22O7/c1-22(2)28-20(23)18(21(24)29-22)11-14-8-9-19(26-4)15(10-14)13-27-17-7-5-6-16(12-17)25-3/h5-12H,13H2,1-4H3. The van der Waals surface area contributed by atoms with E-state index in [-0.39, 0.29) is 12.2 Å². The molecule has 152 valence electrons. The lowest BCUT2D eigenvalue weighted by Gasteiger charge is -2.29. The number of hydrogen-bond acceptors (Lipinski definition) is 7. The van der Waals surface area contributed by atoms with Crippen molar-refractivity contribution in [3.63, 3.8) is 0 Å². The van der Waals surface area contributed by atoms with E-state index in [9.17, 15) is 9.59 Å². The van der Waals surface area contributed by atoms with Gasteiger partial charge in [-0.1, -0.05) is 12.1 Å². The monoisotopic (exact) mass is 398 g/mol. The Kier molecular flexibility index (Phi) is 5.77. The Hall–Kier alpha value is -3.48. The quantitative estimate of drug-likeness (QED) is 0.418. The third kappa shape index (κ3) is 4.87. The van der Waals surface area contributed by atoms with E-state index in [0.717, 1.165) is 5.56 Å². The molecule has 1 heterocycles. The fourth-order valence-corrected chi connectivity index (χ4v) is 2.80. The first-order valence-corrected chi connectivity index (χ1v) is 8.93. The van der Waals surface area contributed by atoms with Crippen molar-refractivity contribution in [1.29, 1.82) is 0 Å². The van der Waals surface area contributed by atoms with Crippen molar-refractivity contribution in [2.75, 3.05) is 14.2 Å². The third-order valence-corrected chi connectivity index (χ3v) is 4.17. The number of esters is 2. The predicted molar refractivity (Wildman–Crippen MR) is 105 cm³/mol. The molecule has 1 saturated heterocycles. The van der Waals surface area contributed by atoms with E-state index < -0.39 is 17.7 Å². The van der Waals surface area contributed by atoms with Gasteiger partial charge in [0.25, 0.3) is 5.79 Å². The summed E-state index contributed by atoms with van der Waals surface area (Å²) in [6.07, 6.45) is 1.42. The van der Waals surface area contributed by atoms with Crippen molar-refractivity contribution in [2.45, 2.75) is 26.2 Å². The molecule has 0 saturated carbocycles. The highest BCUT2D eigenvalue weighted by molar-refractivity contribution is 6.18. The van der Waals surface area contributed by atoms with Gasteiger partial charge in [0.1, 0.15) is 29.4 Å². The van der Waals surface area contributed by atoms with Crippen molar-refractivity contribution in [3.8, 4) is 17.2 Å². The van der Waals surface area contributed by atoms with Crippen LogP contribution in [-0.2, 0) is 25.7 Å². The van der Waals surface area contributed by atoms with Gasteiger partial charge in [-0.05, 0) is 35.9 Å². The summed E-state index contributed by atoms with van der Waals surface area (Å²) in [7, 11) is 3.14. The molecule has 2 aromatic carbocycles. The van der Waals surface area contributed by atoms with Crippen LogP contribution in [0.25, 0.3) is 6.08 Å². The van der Waals surface area contributed by atoms with Crippen molar-refractivity contribution >= 4 is 18.0 Å². The lowest BCUT2D eigenvalue weighted by molar-refractivity contribution is -0.222. The Morgan fingerprint density at radius 1 is 0.931 bits per heavy atom. The zero-order valence-corrected chi connectivity index (χ0v) is 16.7. The molecule has 3 rings (SSSR count). The molecule has 0 amide bonds. The Labute approximate surface area is 168 Å². The van der Waals surface area contributed by atoms with E-state index in [2.05, 4.69) is 0 Å². The fourth-order valence-electron chi connectivity index (χ4n) is 2.80. The Bertz CT molecular complexity index is 937. The van der Waals surface area contributed by atoms with Crippen LogP contribution in [0, 0.1) is 0 Å². The highest BCUT2D eigenvalue weighted by Gasteiger charge is 2.38. The number of carbonyl (C=O) groups is 2. The minimum atomic E-state index is -1.28. The summed E-state index contributed by atoms with van der Waals surface area (Å²) < 4.78 is 26.6. The summed E-state index contributed by atoms with van der Waals surface area (Å²) in [5.41, 5.74) is 1.18. The van der Waals surface area contributed by atoms with Crippen LogP contribution in [-0.4, -0.2) is 31.9 Å². The molecular weight excluding hydrogens is 376 g/mol. The molecule has 7 nitrogen and oxygen atoms in total. The van der Waals surface area contributed by atoms with Gasteiger partial charge in [0.15, 0.2) is 0 Å². The summed E-state index contributed by atoms with van der Waals surface area (Å²) in [5.74, 6) is -0.791. The van der Waals surface area contributed by atoms with Crippen LogP contribution >= 0.6 is 0 Å². The van der Waals surface area contributed by atoms with E-state index in [1.165, 1.54) is 19.9 Å². The SMILES string of the molecule is COc1cccc(OCc2cc(C=C3C(=O)OC(C)(C)OC3=O)ccc2OC)c1. The molecule has 0 bridgehead atoms. The number of benzene rings is 2. The largest absolute Gasteiger partial charge is 0.497 e. The minimum absolute atomic E-state index is 0.172. The molecule has 0 unspecified atom stereocenters. The van der Waals surface area contributed by atoms with Gasteiger partial charge in [0.05, 0.1) is 14.2 Å². The highest BCUT2D eigenvalue weighted by Crippen LogP contribution is 2.27. The van der Waals surface area contributed by atoms with E-state index >= 15 is 0 Å². The number of hydrogen-bond donors (Lipinski definition) is 0. The van der Waals surface area contributed by atoms with Crippen molar-refractivity contribution < 1.29 is 33.3 Å². The second-order valence-corrected chi connectivity index (χ2v) is 6.78. The minimum Gasteiger partial charge on any atom is -0.497 e. The van der Waals surface area contributed by atoms with Gasteiger partial charge in [-0.25, -0.2) is 9.59 Å². The van der Waals surface area contributed by atoms with E-state index in [0.29, 0.717) is 22.8 Å². The van der Waals surface area contributed by atoms with Gasteiger partial charge in [-0.15, -0.1) is 0 Å². The zero-order valence-electron chi connectivity index (χ0n) is 16.7. The number of cyclic esters (lactones) is 2. The van der Waals surface area contributed by atoms with E-state index in [4.69, 9.17) is 23.7 Å². The van der Waals surface area contributed by atoms with Gasteiger partial charge in [-0.2, -0.15) is 0 Å². The van der Waals surface area contributed by atoms with Crippen molar-refractivity contribution in [3.05, 3.63) is 59.2 Å². The van der Waals surface area contributed by atoms with E-state index in [1.54, 1.807) is 38.5 Å². The summed E-state index contributed by atoms with van der Waals surface area (Å²) in [6.45, 7) is 3.22. The molecule has 0 aliphatic carbocycles. The first kappa shape index (κ1) is 20.3. The Morgan fingerprint density at radius 3 is 2.28 bits per heavy atom. The molecule has 7 heteroatoms. The molecule has 1 aliphatic rings. The Morgan fingerprint density at radius 2 is 1.62 bits per heavy atom. The first-order chi connectivity index (χ1) is 13.8. The van der Waals surface area contributed by atoms with E-state index in [1.807, 2.05) is 18.2 Å². The lowest BCUT2D eigenvalue weighted by Crippen LogP contribution is -2.41. The van der Waals surface area contributed by atoms with Crippen molar-refractivity contribution in [2.24, 2.45) is 0 Å². The van der Waals surface area contributed by atoms with Crippen LogP contribution < -0.4 is 14.2 Å². The van der Waals surface area contributed by atoms with Crippen LogP contribution in [0.2, 0.25) is 0 Å². The molecule has 0 aromatic heterocycles. The van der Waals surface area contributed by atoms with Gasteiger partial charge in [0, 0.05) is 25.5 Å². The van der Waals surface area contributed by atoms with Crippen molar-refractivity contribution in [1.82, 2.24) is 0 Å². The maximum Gasteiger partial charge on any atom is 0.348 e. The van der Waals surface area contributed by atoms with Gasteiger partial charge >= 0.3 is 11.9 Å². The smallest absolute Gasteiger partial charge is 0.348 e. The van der Waals surface area contributed by atoms with Gasteiger partial charge in [0.2, 0.25) is 0 Å². The first-order valence-electron chi connectivity index (χ1n) is 8.93. The number of ether oxygens (including phenoxy) is 5. The maximum absolute atomic E-state index is 12.2. The molecule has 1 fully saturated rings. The summed E-state index contributed by atoms with van der Waals surface area (Å²) in [4.78, 5) is 24.3. The van der Waals surface area contributed by atoms with Gasteiger partial charge in [-0.3, -0.25) is 0 Å². The molecule has 0 atom stereocenters. The molecule has 0 spiro atoms. The van der Waals surface area contributed by atoms with Gasteiger partial charge < -0.3 is 23.7 Å². The molecule has 0 N–H and O–H groups in total. The topological polar surface area (TPSA) is 80.3 Å². The average molecular weight is 398 g/mol. The summed E-state index contributed by atoms with van der Waals surface area (Å²) >= 11 is 0. The molecule has 29 heavy (non-hydrogen) atoms. The Balaban J connectivity index is 1.83. The predicted octanol–water partition coefficient (Wildman–Crippen LogP) is 3.50. The molecule has 0 radical (unpaired) electrons. The fraction of sp³-hybridized carbons (Fsp3) is 0.273. The zero-order chi connectivity index (χ0) is 21.0. The summed E-state index contributed by atoms with van der Waals surface area (Å²) in [5, 5.41) is 0.